The van der Waals surface area contributed by atoms with Crippen molar-refractivity contribution in [3.8, 4) is 0 Å². The lowest BCUT2D eigenvalue weighted by molar-refractivity contribution is 0.576. The molecule has 1 aromatic heterocycles. The Bertz CT molecular complexity index is 166. The topological polar surface area (TPSA) is 50.1 Å². The SMILES string of the molecule is CNc1coc(NC)n1. The highest BCUT2D eigenvalue weighted by Gasteiger charge is 1.95. The molecule has 0 aromatic carbocycles. The average Bonchev–Trinajstić information content (AvgIpc) is 2.34. The molecular weight excluding hydrogens is 118 g/mol. The van der Waals surface area contributed by atoms with Gasteiger partial charge in [0.2, 0.25) is 0 Å². The fraction of sp³-hybridized carbons (Fsp3) is 0.400. The molecule has 9 heavy (non-hydrogen) atoms. The molecule has 1 heterocycles. The minimum absolute atomic E-state index is 0.527. The molecule has 0 aliphatic rings. The van der Waals surface area contributed by atoms with Crippen molar-refractivity contribution < 1.29 is 4.42 Å². The minimum atomic E-state index is 0.527. The summed E-state index contributed by atoms with van der Waals surface area (Å²) in [4.78, 5) is 3.96. The van der Waals surface area contributed by atoms with Crippen LogP contribution in [-0.2, 0) is 0 Å². The average molecular weight is 127 g/mol. The van der Waals surface area contributed by atoms with Gasteiger partial charge >= 0.3 is 0 Å². The van der Waals surface area contributed by atoms with E-state index in [0.29, 0.717) is 6.01 Å². The zero-order valence-electron chi connectivity index (χ0n) is 5.43. The molecule has 4 nitrogen and oxygen atoms in total. The summed E-state index contributed by atoms with van der Waals surface area (Å²) in [5, 5.41) is 5.60. The van der Waals surface area contributed by atoms with Crippen LogP contribution in [0.4, 0.5) is 11.8 Å². The summed E-state index contributed by atoms with van der Waals surface area (Å²) in [7, 11) is 3.54. The fourth-order valence-electron chi connectivity index (χ4n) is 0.503. The Morgan fingerprint density at radius 2 is 2.22 bits per heavy atom. The largest absolute Gasteiger partial charge is 0.430 e. The van der Waals surface area contributed by atoms with Gasteiger partial charge in [-0.25, -0.2) is 0 Å². The van der Waals surface area contributed by atoms with Crippen LogP contribution < -0.4 is 10.6 Å². The van der Waals surface area contributed by atoms with Gasteiger partial charge in [0, 0.05) is 14.1 Å². The quantitative estimate of drug-likeness (QED) is 0.615. The maximum absolute atomic E-state index is 4.92. The molecule has 1 rings (SSSR count). The Balaban J connectivity index is 2.74. The van der Waals surface area contributed by atoms with Gasteiger partial charge in [-0.05, 0) is 0 Å². The van der Waals surface area contributed by atoms with E-state index in [4.69, 9.17) is 4.42 Å². The van der Waals surface area contributed by atoms with Gasteiger partial charge in [0.1, 0.15) is 6.26 Å². The van der Waals surface area contributed by atoms with Crippen LogP contribution in [0.5, 0.6) is 0 Å². The Kier molecular flexibility index (Phi) is 1.58. The molecule has 50 valence electrons. The second-order valence-corrected chi connectivity index (χ2v) is 1.54. The van der Waals surface area contributed by atoms with Crippen molar-refractivity contribution in [3.63, 3.8) is 0 Å². The van der Waals surface area contributed by atoms with E-state index in [-0.39, 0.29) is 0 Å². The Morgan fingerprint density at radius 1 is 1.44 bits per heavy atom. The summed E-state index contributed by atoms with van der Waals surface area (Å²) in [5.41, 5.74) is 0. The van der Waals surface area contributed by atoms with Gasteiger partial charge in [-0.2, -0.15) is 4.98 Å². The number of anilines is 2. The molecule has 0 fully saturated rings. The van der Waals surface area contributed by atoms with E-state index in [1.807, 2.05) is 0 Å². The first kappa shape index (κ1) is 5.94. The zero-order valence-corrected chi connectivity index (χ0v) is 5.43. The molecule has 0 spiro atoms. The van der Waals surface area contributed by atoms with Crippen molar-refractivity contribution in [3.05, 3.63) is 6.26 Å². The summed E-state index contributed by atoms with van der Waals surface area (Å²) in [6, 6.07) is 0.527. The predicted molar refractivity (Wildman–Crippen MR) is 35.6 cm³/mol. The molecule has 0 atom stereocenters. The number of oxazole rings is 1. The third-order valence-corrected chi connectivity index (χ3v) is 0.974. The number of nitrogens with zero attached hydrogens (tertiary/aromatic N) is 1. The highest BCUT2D eigenvalue weighted by atomic mass is 16.4. The van der Waals surface area contributed by atoms with Gasteiger partial charge in [0.25, 0.3) is 6.01 Å². The van der Waals surface area contributed by atoms with Gasteiger partial charge in [-0.15, -0.1) is 0 Å². The lowest BCUT2D eigenvalue weighted by Gasteiger charge is -1.86. The predicted octanol–water partition coefficient (Wildman–Crippen LogP) is 0.758. The molecule has 1 aromatic rings. The number of aromatic nitrogens is 1. The van der Waals surface area contributed by atoms with E-state index in [1.54, 1.807) is 20.4 Å². The summed E-state index contributed by atoms with van der Waals surface area (Å²) in [5.74, 6) is 0.736. The monoisotopic (exact) mass is 127 g/mol. The van der Waals surface area contributed by atoms with Crippen molar-refractivity contribution >= 4 is 11.8 Å². The second-order valence-electron chi connectivity index (χ2n) is 1.54. The Hall–Kier alpha value is -1.19. The zero-order chi connectivity index (χ0) is 6.69. The van der Waals surface area contributed by atoms with Crippen LogP contribution in [0.3, 0.4) is 0 Å². The molecule has 0 unspecified atom stereocenters. The normalized spacial score (nSPS) is 9.11. The van der Waals surface area contributed by atoms with Crippen LogP contribution in [0.2, 0.25) is 0 Å². The van der Waals surface area contributed by atoms with Crippen LogP contribution in [0.25, 0.3) is 0 Å². The second kappa shape index (κ2) is 2.39. The summed E-state index contributed by atoms with van der Waals surface area (Å²) in [6.07, 6.45) is 1.55. The third-order valence-electron chi connectivity index (χ3n) is 0.974. The van der Waals surface area contributed by atoms with Gasteiger partial charge in [0.05, 0.1) is 0 Å². The maximum atomic E-state index is 4.92. The van der Waals surface area contributed by atoms with E-state index < -0.39 is 0 Å². The van der Waals surface area contributed by atoms with E-state index in [2.05, 4.69) is 15.6 Å². The minimum Gasteiger partial charge on any atom is -0.430 e. The molecule has 2 N–H and O–H groups in total. The molecular formula is C5H9N3O. The summed E-state index contributed by atoms with van der Waals surface area (Å²) >= 11 is 0. The van der Waals surface area contributed by atoms with Crippen molar-refractivity contribution in [2.24, 2.45) is 0 Å². The fourth-order valence-corrected chi connectivity index (χ4v) is 0.503. The molecule has 0 aliphatic carbocycles. The number of hydrogen-bond acceptors (Lipinski definition) is 4. The van der Waals surface area contributed by atoms with E-state index in [9.17, 15) is 0 Å². The Labute approximate surface area is 53.3 Å². The van der Waals surface area contributed by atoms with E-state index in [1.165, 1.54) is 0 Å². The molecule has 0 aliphatic heterocycles. The lowest BCUT2D eigenvalue weighted by Crippen LogP contribution is -1.89. The molecule has 0 saturated carbocycles. The van der Waals surface area contributed by atoms with Gasteiger partial charge in [0.15, 0.2) is 5.82 Å². The Morgan fingerprint density at radius 3 is 2.56 bits per heavy atom. The van der Waals surface area contributed by atoms with Crippen molar-refractivity contribution in [1.29, 1.82) is 0 Å². The molecule has 0 amide bonds. The van der Waals surface area contributed by atoms with Crippen LogP contribution >= 0.6 is 0 Å². The summed E-state index contributed by atoms with van der Waals surface area (Å²) < 4.78 is 4.92. The van der Waals surface area contributed by atoms with Crippen LogP contribution in [0, 0.1) is 0 Å². The number of nitrogens with one attached hydrogen (secondary N) is 2. The standard InChI is InChI=1S/C5H9N3O/c1-6-4-3-9-5(7-2)8-4/h3,6H,1-2H3,(H,7,8). The summed E-state index contributed by atoms with van der Waals surface area (Å²) in [6.45, 7) is 0. The van der Waals surface area contributed by atoms with Gasteiger partial charge in [-0.1, -0.05) is 0 Å². The van der Waals surface area contributed by atoms with Crippen LogP contribution in [0.1, 0.15) is 0 Å². The van der Waals surface area contributed by atoms with Crippen molar-refractivity contribution in [1.82, 2.24) is 4.98 Å². The third kappa shape index (κ3) is 1.13. The van der Waals surface area contributed by atoms with Crippen molar-refractivity contribution in [2.75, 3.05) is 24.7 Å². The first-order chi connectivity index (χ1) is 4.36. The highest BCUT2D eigenvalue weighted by Crippen LogP contribution is 2.09. The molecule has 0 radical (unpaired) electrons. The molecule has 0 saturated heterocycles. The number of rotatable bonds is 2. The van der Waals surface area contributed by atoms with Crippen LogP contribution in [0.15, 0.2) is 10.7 Å². The highest BCUT2D eigenvalue weighted by molar-refractivity contribution is 5.35. The van der Waals surface area contributed by atoms with Crippen molar-refractivity contribution in [2.45, 2.75) is 0 Å². The van der Waals surface area contributed by atoms with Gasteiger partial charge < -0.3 is 15.1 Å². The molecule has 4 heteroatoms. The van der Waals surface area contributed by atoms with E-state index >= 15 is 0 Å². The van der Waals surface area contributed by atoms with Gasteiger partial charge in [-0.3, -0.25) is 0 Å². The van der Waals surface area contributed by atoms with E-state index in [0.717, 1.165) is 5.82 Å². The first-order valence-corrected chi connectivity index (χ1v) is 2.68. The maximum Gasteiger partial charge on any atom is 0.296 e. The number of hydrogen-bond donors (Lipinski definition) is 2. The molecule has 0 bridgehead atoms. The first-order valence-electron chi connectivity index (χ1n) is 2.68. The lowest BCUT2D eigenvalue weighted by atomic mass is 10.8. The van der Waals surface area contributed by atoms with Crippen LogP contribution in [-0.4, -0.2) is 19.1 Å². The smallest absolute Gasteiger partial charge is 0.296 e.